The smallest absolute Gasteiger partial charge is 0.251 e. The van der Waals surface area contributed by atoms with Crippen LogP contribution >= 0.6 is 0 Å². The highest BCUT2D eigenvalue weighted by Crippen LogP contribution is 2.08. The number of rotatable bonds is 6. The molecule has 0 unspecified atom stereocenters. The molecular formula is C16H16N6O. The second kappa shape index (κ2) is 7.17. The van der Waals surface area contributed by atoms with Crippen LogP contribution in [-0.2, 0) is 0 Å². The molecule has 0 atom stereocenters. The van der Waals surface area contributed by atoms with Gasteiger partial charge in [-0.1, -0.05) is 0 Å². The summed E-state index contributed by atoms with van der Waals surface area (Å²) in [6.07, 6.45) is 8.53. The molecule has 0 fully saturated rings. The van der Waals surface area contributed by atoms with Gasteiger partial charge < -0.3 is 15.2 Å². The zero-order valence-electron chi connectivity index (χ0n) is 12.4. The summed E-state index contributed by atoms with van der Waals surface area (Å²) in [4.78, 5) is 24.1. The first-order valence-corrected chi connectivity index (χ1v) is 7.20. The van der Waals surface area contributed by atoms with Gasteiger partial charge in [0.05, 0.1) is 0 Å². The molecule has 0 aliphatic heterocycles. The van der Waals surface area contributed by atoms with Crippen molar-refractivity contribution in [3.05, 3.63) is 67.0 Å². The third-order valence-corrected chi connectivity index (χ3v) is 3.18. The van der Waals surface area contributed by atoms with E-state index in [9.17, 15) is 4.79 Å². The molecule has 0 aliphatic carbocycles. The van der Waals surface area contributed by atoms with Crippen LogP contribution in [0, 0.1) is 0 Å². The molecule has 0 aromatic carbocycles. The van der Waals surface area contributed by atoms with Crippen molar-refractivity contribution in [3.63, 3.8) is 0 Å². The van der Waals surface area contributed by atoms with Crippen LogP contribution in [0.15, 0.2) is 61.4 Å². The molecule has 116 valence electrons. The van der Waals surface area contributed by atoms with Crippen LogP contribution in [0.5, 0.6) is 0 Å². The molecule has 3 aromatic rings. The molecule has 23 heavy (non-hydrogen) atoms. The third-order valence-electron chi connectivity index (χ3n) is 3.18. The Labute approximate surface area is 133 Å². The monoisotopic (exact) mass is 308 g/mol. The lowest BCUT2D eigenvalue weighted by molar-refractivity contribution is 0.0955. The fourth-order valence-electron chi connectivity index (χ4n) is 2.04. The Hall–Kier alpha value is -3.22. The Morgan fingerprint density at radius 1 is 1.09 bits per heavy atom. The average Bonchev–Trinajstić information content (AvgIpc) is 3.14. The fourth-order valence-corrected chi connectivity index (χ4v) is 2.04. The Kier molecular flexibility index (Phi) is 4.58. The summed E-state index contributed by atoms with van der Waals surface area (Å²) in [5.41, 5.74) is 0.594. The zero-order valence-corrected chi connectivity index (χ0v) is 12.4. The Balaban J connectivity index is 1.49. The summed E-state index contributed by atoms with van der Waals surface area (Å²) >= 11 is 0. The van der Waals surface area contributed by atoms with Crippen molar-refractivity contribution in [3.8, 4) is 5.82 Å². The van der Waals surface area contributed by atoms with Crippen LogP contribution in [0.25, 0.3) is 5.82 Å². The Morgan fingerprint density at radius 3 is 2.65 bits per heavy atom. The van der Waals surface area contributed by atoms with Gasteiger partial charge in [0, 0.05) is 49.5 Å². The summed E-state index contributed by atoms with van der Waals surface area (Å²) in [5, 5.41) is 6.00. The molecule has 3 heterocycles. The number of pyridine rings is 1. The van der Waals surface area contributed by atoms with Crippen LogP contribution in [-0.4, -0.2) is 38.5 Å². The van der Waals surface area contributed by atoms with Gasteiger partial charge in [-0.2, -0.15) is 0 Å². The van der Waals surface area contributed by atoms with Gasteiger partial charge in [0.25, 0.3) is 5.91 Å². The van der Waals surface area contributed by atoms with E-state index in [1.807, 2.05) is 35.2 Å². The second-order valence-electron chi connectivity index (χ2n) is 4.77. The first-order chi connectivity index (χ1) is 11.3. The van der Waals surface area contributed by atoms with Crippen molar-refractivity contribution >= 4 is 11.7 Å². The fraction of sp³-hybridized carbons (Fsp3) is 0.125. The maximum Gasteiger partial charge on any atom is 0.251 e. The molecule has 0 aliphatic rings. The van der Waals surface area contributed by atoms with Gasteiger partial charge in [-0.05, 0) is 24.3 Å². The van der Waals surface area contributed by atoms with Gasteiger partial charge in [-0.3, -0.25) is 9.78 Å². The van der Waals surface area contributed by atoms with E-state index in [-0.39, 0.29) is 5.91 Å². The summed E-state index contributed by atoms with van der Waals surface area (Å²) < 4.78 is 1.90. The molecule has 3 aromatic heterocycles. The lowest BCUT2D eigenvalue weighted by atomic mass is 10.2. The van der Waals surface area contributed by atoms with E-state index < -0.39 is 0 Å². The molecule has 7 nitrogen and oxygen atoms in total. The maximum absolute atomic E-state index is 11.9. The van der Waals surface area contributed by atoms with Crippen LogP contribution in [0.2, 0.25) is 0 Å². The van der Waals surface area contributed by atoms with Crippen LogP contribution in [0.1, 0.15) is 10.4 Å². The standard InChI is InChI=1S/C16H16N6O/c23-16(13-3-5-17-6-4-13)19-8-7-18-14-11-15(21-12-20-14)22-9-1-2-10-22/h1-6,9-12H,7-8H2,(H,19,23)(H,18,20,21). The second-order valence-corrected chi connectivity index (χ2v) is 4.77. The van der Waals surface area contributed by atoms with Crippen molar-refractivity contribution in [1.29, 1.82) is 0 Å². The molecule has 0 radical (unpaired) electrons. The van der Waals surface area contributed by atoms with E-state index in [4.69, 9.17) is 0 Å². The van der Waals surface area contributed by atoms with Crippen molar-refractivity contribution < 1.29 is 4.79 Å². The van der Waals surface area contributed by atoms with Crippen molar-refractivity contribution in [2.75, 3.05) is 18.4 Å². The number of hydrogen-bond acceptors (Lipinski definition) is 5. The normalized spacial score (nSPS) is 10.3. The quantitative estimate of drug-likeness (QED) is 0.674. The molecule has 0 bridgehead atoms. The largest absolute Gasteiger partial charge is 0.368 e. The van der Waals surface area contributed by atoms with Crippen LogP contribution in [0.4, 0.5) is 5.82 Å². The van der Waals surface area contributed by atoms with E-state index in [1.54, 1.807) is 24.5 Å². The average molecular weight is 308 g/mol. The molecule has 2 N–H and O–H groups in total. The van der Waals surface area contributed by atoms with Gasteiger partial charge in [-0.15, -0.1) is 0 Å². The third kappa shape index (κ3) is 3.91. The Bertz CT molecular complexity index is 757. The number of nitrogens with zero attached hydrogens (tertiary/aromatic N) is 4. The molecule has 3 rings (SSSR count). The SMILES string of the molecule is O=C(NCCNc1cc(-n2cccc2)ncn1)c1ccncc1. The molecule has 0 saturated heterocycles. The van der Waals surface area contributed by atoms with Crippen molar-refractivity contribution in [2.45, 2.75) is 0 Å². The number of carbonyl (C=O) groups is 1. The van der Waals surface area contributed by atoms with E-state index in [0.717, 1.165) is 5.82 Å². The first-order valence-electron chi connectivity index (χ1n) is 7.20. The minimum absolute atomic E-state index is 0.120. The van der Waals surface area contributed by atoms with Gasteiger partial charge in [-0.25, -0.2) is 9.97 Å². The molecule has 1 amide bonds. The lowest BCUT2D eigenvalue weighted by Crippen LogP contribution is -2.28. The predicted molar refractivity (Wildman–Crippen MR) is 86.4 cm³/mol. The van der Waals surface area contributed by atoms with Gasteiger partial charge in [0.1, 0.15) is 18.0 Å². The number of amides is 1. The van der Waals surface area contributed by atoms with Gasteiger partial charge in [0.2, 0.25) is 0 Å². The topological polar surface area (TPSA) is 84.7 Å². The first kappa shape index (κ1) is 14.7. The zero-order chi connectivity index (χ0) is 15.9. The summed E-state index contributed by atoms with van der Waals surface area (Å²) in [6, 6.07) is 9.07. The number of hydrogen-bond donors (Lipinski definition) is 2. The van der Waals surface area contributed by atoms with Gasteiger partial charge in [0.15, 0.2) is 0 Å². The van der Waals surface area contributed by atoms with Crippen LogP contribution in [0.3, 0.4) is 0 Å². The summed E-state index contributed by atoms with van der Waals surface area (Å²) in [5.74, 6) is 1.38. The van der Waals surface area contributed by atoms with E-state index in [1.165, 1.54) is 6.33 Å². The summed E-state index contributed by atoms with van der Waals surface area (Å²) in [6.45, 7) is 1.06. The number of anilines is 1. The molecule has 0 spiro atoms. The van der Waals surface area contributed by atoms with E-state index in [2.05, 4.69) is 25.6 Å². The summed E-state index contributed by atoms with van der Waals surface area (Å²) in [7, 11) is 0. The van der Waals surface area contributed by atoms with E-state index >= 15 is 0 Å². The maximum atomic E-state index is 11.9. The highest BCUT2D eigenvalue weighted by Gasteiger charge is 2.04. The Morgan fingerprint density at radius 2 is 1.87 bits per heavy atom. The number of carbonyl (C=O) groups excluding carboxylic acids is 1. The highest BCUT2D eigenvalue weighted by molar-refractivity contribution is 5.93. The molecular weight excluding hydrogens is 292 g/mol. The minimum atomic E-state index is -0.120. The molecule has 7 heteroatoms. The lowest BCUT2D eigenvalue weighted by Gasteiger charge is -2.08. The highest BCUT2D eigenvalue weighted by atomic mass is 16.1. The van der Waals surface area contributed by atoms with Crippen LogP contribution < -0.4 is 10.6 Å². The van der Waals surface area contributed by atoms with Gasteiger partial charge >= 0.3 is 0 Å². The molecule has 0 saturated carbocycles. The van der Waals surface area contributed by atoms with Crippen molar-refractivity contribution in [1.82, 2.24) is 24.8 Å². The van der Waals surface area contributed by atoms with Crippen molar-refractivity contribution in [2.24, 2.45) is 0 Å². The minimum Gasteiger partial charge on any atom is -0.368 e. The number of aromatic nitrogens is 4. The predicted octanol–water partition coefficient (Wildman–Crippen LogP) is 1.50. The number of nitrogens with one attached hydrogen (secondary N) is 2. The van der Waals surface area contributed by atoms with E-state index in [0.29, 0.717) is 24.5 Å².